The standard InChI is InChI=1S/C24H33N3O2/c1-18-9-6-7-11-21(18)17-20-14-12-19(13-15-20)10-5-4-8-16-26-23(29)27-24(2,3)22(25)28/h6-7,9,11-15H,4-5,8,10,16-17H2,1-3H3,(H2,25,28)(H2,26,27,29). The number of amides is 3. The maximum absolute atomic E-state index is 11.8. The second-order valence-electron chi connectivity index (χ2n) is 8.10. The molecule has 5 nitrogen and oxygen atoms in total. The minimum Gasteiger partial charge on any atom is -0.368 e. The highest BCUT2D eigenvalue weighted by molar-refractivity contribution is 5.89. The van der Waals surface area contributed by atoms with Crippen LogP contribution in [0, 0.1) is 6.92 Å². The van der Waals surface area contributed by atoms with Crippen LogP contribution in [0.5, 0.6) is 0 Å². The van der Waals surface area contributed by atoms with Gasteiger partial charge < -0.3 is 16.4 Å². The Morgan fingerprint density at radius 1 is 0.931 bits per heavy atom. The lowest BCUT2D eigenvalue weighted by Gasteiger charge is -2.22. The molecule has 5 heteroatoms. The van der Waals surface area contributed by atoms with E-state index in [0.29, 0.717) is 6.54 Å². The van der Waals surface area contributed by atoms with Gasteiger partial charge in [0.05, 0.1) is 0 Å². The predicted octanol–water partition coefficient (Wildman–Crippen LogP) is 3.86. The van der Waals surface area contributed by atoms with Gasteiger partial charge in [-0.05, 0) is 68.7 Å². The summed E-state index contributed by atoms with van der Waals surface area (Å²) in [6, 6.07) is 17.0. The lowest BCUT2D eigenvalue weighted by molar-refractivity contribution is -0.122. The molecule has 0 fully saturated rings. The molecule has 2 aromatic carbocycles. The molecule has 0 aliphatic carbocycles. The van der Waals surface area contributed by atoms with Crippen molar-refractivity contribution in [3.05, 3.63) is 70.8 Å². The molecule has 2 rings (SSSR count). The molecule has 0 aliphatic heterocycles. The van der Waals surface area contributed by atoms with Gasteiger partial charge in [-0.2, -0.15) is 0 Å². The summed E-state index contributed by atoms with van der Waals surface area (Å²) >= 11 is 0. The summed E-state index contributed by atoms with van der Waals surface area (Å²) in [7, 11) is 0. The van der Waals surface area contributed by atoms with Gasteiger partial charge in [0.2, 0.25) is 5.91 Å². The van der Waals surface area contributed by atoms with Gasteiger partial charge in [0.15, 0.2) is 0 Å². The Morgan fingerprint density at radius 3 is 2.24 bits per heavy atom. The number of urea groups is 1. The fourth-order valence-electron chi connectivity index (χ4n) is 3.07. The number of rotatable bonds is 10. The molecule has 0 saturated heterocycles. The number of aryl methyl sites for hydroxylation is 2. The van der Waals surface area contributed by atoms with Gasteiger partial charge >= 0.3 is 6.03 Å². The first-order valence-electron chi connectivity index (χ1n) is 10.3. The number of primary amides is 1. The molecule has 0 radical (unpaired) electrons. The van der Waals surface area contributed by atoms with Crippen molar-refractivity contribution in [1.82, 2.24) is 10.6 Å². The zero-order valence-electron chi connectivity index (χ0n) is 17.8. The Morgan fingerprint density at radius 2 is 1.59 bits per heavy atom. The van der Waals surface area contributed by atoms with E-state index >= 15 is 0 Å². The van der Waals surface area contributed by atoms with Gasteiger partial charge in [0.25, 0.3) is 0 Å². The van der Waals surface area contributed by atoms with E-state index in [1.54, 1.807) is 13.8 Å². The highest BCUT2D eigenvalue weighted by Gasteiger charge is 2.26. The average Bonchev–Trinajstić information content (AvgIpc) is 2.67. The first-order valence-corrected chi connectivity index (χ1v) is 10.3. The van der Waals surface area contributed by atoms with Crippen molar-refractivity contribution in [3.63, 3.8) is 0 Å². The third-order valence-electron chi connectivity index (χ3n) is 5.15. The maximum Gasteiger partial charge on any atom is 0.315 e. The van der Waals surface area contributed by atoms with Crippen LogP contribution in [0.2, 0.25) is 0 Å². The molecule has 4 N–H and O–H groups in total. The monoisotopic (exact) mass is 395 g/mol. The van der Waals surface area contributed by atoms with Crippen LogP contribution in [0.1, 0.15) is 55.4 Å². The summed E-state index contributed by atoms with van der Waals surface area (Å²) in [5.74, 6) is -0.558. The van der Waals surface area contributed by atoms with Gasteiger partial charge in [-0.1, -0.05) is 55.0 Å². The van der Waals surface area contributed by atoms with Crippen molar-refractivity contribution >= 4 is 11.9 Å². The number of carbonyl (C=O) groups excluding carboxylic acids is 2. The molecule has 0 atom stereocenters. The Balaban J connectivity index is 1.64. The molecule has 0 spiro atoms. The number of unbranched alkanes of at least 4 members (excludes halogenated alkanes) is 2. The van der Waals surface area contributed by atoms with Crippen molar-refractivity contribution in [2.45, 2.75) is 58.4 Å². The van der Waals surface area contributed by atoms with E-state index in [1.165, 1.54) is 22.3 Å². The summed E-state index contributed by atoms with van der Waals surface area (Å²) in [6.45, 7) is 5.90. The molecule has 0 aromatic heterocycles. The Kier molecular flexibility index (Phi) is 8.25. The summed E-state index contributed by atoms with van der Waals surface area (Å²) < 4.78 is 0. The molecule has 29 heavy (non-hydrogen) atoms. The topological polar surface area (TPSA) is 84.2 Å². The molecule has 2 aromatic rings. The molecular weight excluding hydrogens is 362 g/mol. The van der Waals surface area contributed by atoms with Crippen LogP contribution in [0.3, 0.4) is 0 Å². The third-order valence-corrected chi connectivity index (χ3v) is 5.15. The molecule has 0 heterocycles. The molecular formula is C24H33N3O2. The summed E-state index contributed by atoms with van der Waals surface area (Å²) in [5, 5.41) is 5.34. The Bertz CT molecular complexity index is 813. The van der Waals surface area contributed by atoms with Gasteiger partial charge in [-0.25, -0.2) is 4.79 Å². The highest BCUT2D eigenvalue weighted by Crippen LogP contribution is 2.15. The molecule has 3 amide bonds. The van der Waals surface area contributed by atoms with Crippen LogP contribution >= 0.6 is 0 Å². The number of hydrogen-bond donors (Lipinski definition) is 3. The second-order valence-corrected chi connectivity index (χ2v) is 8.10. The van der Waals surface area contributed by atoms with Crippen LogP contribution in [0.25, 0.3) is 0 Å². The van der Waals surface area contributed by atoms with E-state index in [1.807, 2.05) is 0 Å². The van der Waals surface area contributed by atoms with Gasteiger partial charge in [-0.3, -0.25) is 4.79 Å². The number of nitrogens with one attached hydrogen (secondary N) is 2. The van der Waals surface area contributed by atoms with E-state index in [9.17, 15) is 9.59 Å². The van der Waals surface area contributed by atoms with Crippen LogP contribution in [0.4, 0.5) is 4.79 Å². The minimum absolute atomic E-state index is 0.363. The number of hydrogen-bond acceptors (Lipinski definition) is 2. The Hall–Kier alpha value is -2.82. The quantitative estimate of drug-likeness (QED) is 0.534. The van der Waals surface area contributed by atoms with Crippen LogP contribution in [-0.4, -0.2) is 24.0 Å². The van der Waals surface area contributed by atoms with Crippen molar-refractivity contribution in [2.75, 3.05) is 6.54 Å². The van der Waals surface area contributed by atoms with Crippen LogP contribution in [0.15, 0.2) is 48.5 Å². The first-order chi connectivity index (χ1) is 13.8. The van der Waals surface area contributed by atoms with Crippen LogP contribution < -0.4 is 16.4 Å². The molecule has 0 unspecified atom stereocenters. The summed E-state index contributed by atoms with van der Waals surface area (Å²) in [6.07, 6.45) is 5.01. The fourth-order valence-corrected chi connectivity index (χ4v) is 3.07. The van der Waals surface area contributed by atoms with Crippen LogP contribution in [-0.2, 0) is 17.6 Å². The summed E-state index contributed by atoms with van der Waals surface area (Å²) in [5.41, 5.74) is 9.57. The zero-order chi connectivity index (χ0) is 21.3. The maximum atomic E-state index is 11.8. The van der Waals surface area contributed by atoms with Gasteiger partial charge in [0.1, 0.15) is 5.54 Å². The van der Waals surface area contributed by atoms with Gasteiger partial charge in [0, 0.05) is 6.54 Å². The van der Waals surface area contributed by atoms with E-state index in [4.69, 9.17) is 5.73 Å². The van der Waals surface area contributed by atoms with Gasteiger partial charge in [-0.15, -0.1) is 0 Å². The first kappa shape index (κ1) is 22.5. The molecule has 0 saturated carbocycles. The minimum atomic E-state index is -1.05. The highest BCUT2D eigenvalue weighted by atomic mass is 16.2. The lowest BCUT2D eigenvalue weighted by Crippen LogP contribution is -2.55. The lowest BCUT2D eigenvalue weighted by atomic mass is 9.99. The van der Waals surface area contributed by atoms with Crippen molar-refractivity contribution in [2.24, 2.45) is 5.73 Å². The van der Waals surface area contributed by atoms with E-state index in [0.717, 1.165) is 32.1 Å². The number of nitrogens with two attached hydrogens (primary N) is 1. The molecule has 156 valence electrons. The van der Waals surface area contributed by atoms with E-state index in [-0.39, 0.29) is 6.03 Å². The predicted molar refractivity (Wildman–Crippen MR) is 118 cm³/mol. The van der Waals surface area contributed by atoms with Crippen molar-refractivity contribution < 1.29 is 9.59 Å². The van der Waals surface area contributed by atoms with Crippen molar-refractivity contribution in [3.8, 4) is 0 Å². The van der Waals surface area contributed by atoms with E-state index in [2.05, 4.69) is 66.1 Å². The number of benzene rings is 2. The number of carbonyl (C=O) groups is 2. The SMILES string of the molecule is Cc1ccccc1Cc1ccc(CCCCCNC(=O)NC(C)(C)C(N)=O)cc1. The second kappa shape index (κ2) is 10.6. The largest absolute Gasteiger partial charge is 0.368 e. The molecule has 0 bridgehead atoms. The van der Waals surface area contributed by atoms with E-state index < -0.39 is 11.4 Å². The smallest absolute Gasteiger partial charge is 0.315 e. The zero-order valence-corrected chi connectivity index (χ0v) is 17.8. The molecule has 0 aliphatic rings. The fraction of sp³-hybridized carbons (Fsp3) is 0.417. The van der Waals surface area contributed by atoms with Crippen molar-refractivity contribution in [1.29, 1.82) is 0 Å². The third kappa shape index (κ3) is 7.60. The Labute approximate surface area is 174 Å². The normalized spacial score (nSPS) is 11.1. The summed E-state index contributed by atoms with van der Waals surface area (Å²) in [4.78, 5) is 23.0. The average molecular weight is 396 g/mol.